The summed E-state index contributed by atoms with van der Waals surface area (Å²) in [7, 11) is 0. The second-order valence-electron chi connectivity index (χ2n) is 9.08. The Morgan fingerprint density at radius 3 is 2.48 bits per heavy atom. The van der Waals surface area contributed by atoms with E-state index in [4.69, 9.17) is 21.1 Å². The van der Waals surface area contributed by atoms with E-state index in [0.717, 1.165) is 21.5 Å². The molecule has 5 rings (SSSR count). The van der Waals surface area contributed by atoms with E-state index in [1.807, 2.05) is 30.3 Å². The number of hydrogen-bond donors (Lipinski definition) is 0. The fourth-order valence-corrected chi connectivity index (χ4v) is 6.05. The lowest BCUT2D eigenvalue weighted by atomic mass is 9.95. The highest BCUT2D eigenvalue weighted by Crippen LogP contribution is 2.38. The average Bonchev–Trinajstić information content (AvgIpc) is 3.27. The Morgan fingerprint density at radius 2 is 1.83 bits per heavy atom. The van der Waals surface area contributed by atoms with Crippen molar-refractivity contribution in [2.45, 2.75) is 25.7 Å². The number of ether oxygens (including phenoxy) is 2. The molecule has 42 heavy (non-hydrogen) atoms. The van der Waals surface area contributed by atoms with Crippen molar-refractivity contribution in [3.05, 3.63) is 130 Å². The highest BCUT2D eigenvalue weighted by Gasteiger charge is 2.45. The van der Waals surface area contributed by atoms with E-state index < -0.39 is 35.0 Å². The van der Waals surface area contributed by atoms with Crippen molar-refractivity contribution in [2.24, 2.45) is 4.99 Å². The van der Waals surface area contributed by atoms with E-state index >= 15 is 0 Å². The molecule has 1 aliphatic rings. The van der Waals surface area contributed by atoms with E-state index in [9.17, 15) is 22.8 Å². The van der Waals surface area contributed by atoms with Crippen molar-refractivity contribution in [1.29, 1.82) is 0 Å². The van der Waals surface area contributed by atoms with Gasteiger partial charge in [0.2, 0.25) is 0 Å². The van der Waals surface area contributed by atoms with E-state index in [0.29, 0.717) is 27.4 Å². The van der Waals surface area contributed by atoms with Crippen molar-refractivity contribution in [2.75, 3.05) is 6.61 Å². The van der Waals surface area contributed by atoms with Gasteiger partial charge in [-0.25, -0.2) is 9.79 Å². The first kappa shape index (κ1) is 29.8. The summed E-state index contributed by atoms with van der Waals surface area (Å²) in [6.07, 6.45) is -3.43. The van der Waals surface area contributed by atoms with Crippen molar-refractivity contribution in [3.63, 3.8) is 0 Å². The predicted molar refractivity (Wildman–Crippen MR) is 157 cm³/mol. The molecule has 0 saturated carbocycles. The molecule has 4 aromatic rings. The van der Waals surface area contributed by atoms with Gasteiger partial charge in [-0.05, 0) is 69.9 Å². The molecule has 3 aromatic carbocycles. The number of nitrogens with zero attached hydrogens (tertiary/aromatic N) is 2. The van der Waals surface area contributed by atoms with Gasteiger partial charge in [-0.2, -0.15) is 13.2 Å². The van der Waals surface area contributed by atoms with E-state index in [1.165, 1.54) is 31.2 Å². The van der Waals surface area contributed by atoms with Crippen LogP contribution < -0.4 is 19.6 Å². The normalized spacial score (nSPS) is 15.3. The maximum atomic E-state index is 14.3. The molecule has 1 atom stereocenters. The number of rotatable bonds is 7. The van der Waals surface area contributed by atoms with Crippen LogP contribution in [0.1, 0.15) is 29.7 Å². The number of fused-ring (bicyclic) bond motifs is 1. The Kier molecular flexibility index (Phi) is 8.72. The number of aromatic nitrogens is 1. The molecule has 0 amide bonds. The van der Waals surface area contributed by atoms with Gasteiger partial charge in [-0.15, -0.1) is 0 Å². The quantitative estimate of drug-likeness (QED) is 0.214. The second-order valence-corrected chi connectivity index (χ2v) is 11.4. The van der Waals surface area contributed by atoms with E-state index in [-0.39, 0.29) is 21.5 Å². The third-order valence-corrected chi connectivity index (χ3v) is 8.13. The van der Waals surface area contributed by atoms with Crippen LogP contribution in [0.3, 0.4) is 0 Å². The van der Waals surface area contributed by atoms with Gasteiger partial charge in [0, 0.05) is 5.02 Å². The Labute approximate surface area is 255 Å². The number of halogens is 5. The zero-order valence-electron chi connectivity index (χ0n) is 21.8. The Hall–Kier alpha value is -3.67. The van der Waals surface area contributed by atoms with Gasteiger partial charge in [-0.3, -0.25) is 9.36 Å². The van der Waals surface area contributed by atoms with Crippen LogP contribution in [-0.2, 0) is 16.1 Å². The number of carbonyl (C=O) groups is 1. The van der Waals surface area contributed by atoms with Crippen LogP contribution in [0.25, 0.3) is 6.08 Å². The third-order valence-electron chi connectivity index (χ3n) is 6.27. The van der Waals surface area contributed by atoms with Gasteiger partial charge >= 0.3 is 12.1 Å². The largest absolute Gasteiger partial charge is 0.488 e. The topological polar surface area (TPSA) is 69.9 Å². The molecular formula is C30H21BrClF3N2O4S. The first-order chi connectivity index (χ1) is 20.1. The molecule has 216 valence electrons. The van der Waals surface area contributed by atoms with Crippen LogP contribution in [0, 0.1) is 0 Å². The molecule has 0 aliphatic carbocycles. The zero-order chi connectivity index (χ0) is 30.0. The summed E-state index contributed by atoms with van der Waals surface area (Å²) in [6.45, 7) is 1.67. The molecule has 1 aromatic heterocycles. The highest BCUT2D eigenvalue weighted by molar-refractivity contribution is 9.10. The molecule has 0 fully saturated rings. The Morgan fingerprint density at radius 1 is 1.12 bits per heavy atom. The minimum atomic E-state index is -4.98. The van der Waals surface area contributed by atoms with Crippen LogP contribution in [0.2, 0.25) is 5.02 Å². The lowest BCUT2D eigenvalue weighted by molar-refractivity contribution is -0.140. The lowest BCUT2D eigenvalue weighted by Crippen LogP contribution is -2.41. The van der Waals surface area contributed by atoms with Crippen molar-refractivity contribution >= 4 is 50.9 Å². The van der Waals surface area contributed by atoms with Crippen LogP contribution in [0.4, 0.5) is 13.2 Å². The number of esters is 1. The maximum Gasteiger partial charge on any atom is 0.434 e. The number of hydrogen-bond acceptors (Lipinski definition) is 6. The third kappa shape index (κ3) is 6.23. The molecule has 6 nitrogen and oxygen atoms in total. The lowest BCUT2D eigenvalue weighted by Gasteiger charge is -2.26. The van der Waals surface area contributed by atoms with Crippen LogP contribution in [-0.4, -0.2) is 23.3 Å². The van der Waals surface area contributed by atoms with Gasteiger partial charge < -0.3 is 9.47 Å². The minimum Gasteiger partial charge on any atom is -0.488 e. The van der Waals surface area contributed by atoms with E-state index in [2.05, 4.69) is 20.9 Å². The molecule has 0 unspecified atom stereocenters. The maximum absolute atomic E-state index is 14.3. The summed E-state index contributed by atoms with van der Waals surface area (Å²) < 4.78 is 55.5. The number of alkyl halides is 3. The smallest absolute Gasteiger partial charge is 0.434 e. The van der Waals surface area contributed by atoms with Crippen LogP contribution >= 0.6 is 38.9 Å². The summed E-state index contributed by atoms with van der Waals surface area (Å²) in [5.74, 6) is -0.632. The van der Waals surface area contributed by atoms with Crippen molar-refractivity contribution in [3.8, 4) is 5.75 Å². The van der Waals surface area contributed by atoms with E-state index in [1.54, 1.807) is 24.3 Å². The number of allylic oxidation sites excluding steroid dienone is 1. The highest BCUT2D eigenvalue weighted by atomic mass is 79.9. The second kappa shape index (κ2) is 12.3. The molecule has 1 aliphatic heterocycles. The van der Waals surface area contributed by atoms with Crippen LogP contribution in [0.5, 0.6) is 5.75 Å². The summed E-state index contributed by atoms with van der Waals surface area (Å²) in [5.41, 5.74) is -0.950. The standard InChI is InChI=1S/C30H21BrClF3N2O4S/c1-2-40-28(39)24-25(19-9-11-20(32)12-10-19)37-27(38)23(42-29(37)36-26(24)30(33,34)35)15-18-8-13-22(21(31)14-18)41-16-17-6-4-3-5-7-17/h3-15,25H,2,16H2,1H3/b23-15-/t25-/m0/s1. The molecular weight excluding hydrogens is 657 g/mol. The number of carbonyl (C=O) groups excluding carboxylic acids is 1. The van der Waals surface area contributed by atoms with Gasteiger partial charge in [-0.1, -0.05) is 71.5 Å². The molecule has 0 N–H and O–H groups in total. The fraction of sp³-hybridized carbons (Fsp3) is 0.167. The zero-order valence-corrected chi connectivity index (χ0v) is 25.0. The first-order valence-electron chi connectivity index (χ1n) is 12.6. The fourth-order valence-electron chi connectivity index (χ4n) is 4.41. The monoisotopic (exact) mass is 676 g/mol. The summed E-state index contributed by atoms with van der Waals surface area (Å²) in [6, 6.07) is 19.3. The molecule has 0 radical (unpaired) electrons. The van der Waals surface area contributed by atoms with Gasteiger partial charge in [0.15, 0.2) is 10.5 Å². The predicted octanol–water partition coefficient (Wildman–Crippen LogP) is 6.34. The molecule has 0 saturated heterocycles. The van der Waals surface area contributed by atoms with Crippen LogP contribution in [0.15, 0.2) is 98.3 Å². The minimum absolute atomic E-state index is 0.129. The molecule has 0 bridgehead atoms. The van der Waals surface area contributed by atoms with Gasteiger partial charge in [0.05, 0.1) is 27.2 Å². The Balaban J connectivity index is 1.61. The number of benzene rings is 3. The summed E-state index contributed by atoms with van der Waals surface area (Å²) >= 11 is 10.3. The Bertz CT molecular complexity index is 1850. The van der Waals surface area contributed by atoms with Crippen molar-refractivity contribution < 1.29 is 27.4 Å². The molecule has 0 spiro atoms. The summed E-state index contributed by atoms with van der Waals surface area (Å²) in [5, 5.41) is 0.339. The SMILES string of the molecule is CCOC(=O)C1=C(C(F)(F)F)N=c2s/c(=C\c3ccc(OCc4ccccc4)c(Br)c3)c(=O)n2[C@H]1c1ccc(Cl)cc1. The first-order valence-corrected chi connectivity index (χ1v) is 14.6. The molecule has 2 heterocycles. The van der Waals surface area contributed by atoms with Gasteiger partial charge in [0.1, 0.15) is 12.4 Å². The summed E-state index contributed by atoms with van der Waals surface area (Å²) in [4.78, 5) is 30.2. The van der Waals surface area contributed by atoms with Crippen molar-refractivity contribution in [1.82, 2.24) is 4.57 Å². The molecule has 12 heteroatoms. The number of thiazole rings is 1. The van der Waals surface area contributed by atoms with Gasteiger partial charge in [0.25, 0.3) is 5.56 Å². The average molecular weight is 678 g/mol.